The van der Waals surface area contributed by atoms with E-state index in [1.54, 1.807) is 0 Å². The number of nitrogens with two attached hydrogens (primary N) is 2. The third kappa shape index (κ3) is 10.7. The van der Waals surface area contributed by atoms with Gasteiger partial charge in [-0.05, 0) is 166 Å². The highest BCUT2D eigenvalue weighted by atomic mass is 16.5. The number of hydrogen-bond acceptors (Lipinski definition) is 4. The van der Waals surface area contributed by atoms with Gasteiger partial charge in [0.25, 0.3) is 0 Å². The van der Waals surface area contributed by atoms with Gasteiger partial charge in [0.1, 0.15) is 23.0 Å². The molecule has 0 spiro atoms. The number of benzene rings is 4. The Morgan fingerprint density at radius 3 is 1.29 bits per heavy atom. The Labute approximate surface area is 340 Å². The molecule has 302 valence electrons. The second-order valence-electron chi connectivity index (χ2n) is 17.9. The Balaban J connectivity index is 1.13. The predicted molar refractivity (Wildman–Crippen MR) is 238 cm³/mol. The molecule has 0 heterocycles. The number of hydrogen-bond donors (Lipinski definition) is 2. The zero-order chi connectivity index (χ0) is 39.5. The van der Waals surface area contributed by atoms with Crippen molar-refractivity contribution >= 4 is 11.4 Å². The summed E-state index contributed by atoms with van der Waals surface area (Å²) in [5.74, 6) is 6.18. The minimum absolute atomic E-state index is 0.0618. The van der Waals surface area contributed by atoms with Gasteiger partial charge in [-0.25, -0.2) is 0 Å². The maximum absolute atomic E-state index is 6.48. The van der Waals surface area contributed by atoms with E-state index >= 15 is 0 Å². The minimum atomic E-state index is -0.0618. The van der Waals surface area contributed by atoms with Crippen LogP contribution in [0.4, 0.5) is 11.4 Å². The second-order valence-corrected chi connectivity index (χ2v) is 17.9. The Bertz CT molecular complexity index is 1660. The molecule has 56 heavy (non-hydrogen) atoms. The van der Waals surface area contributed by atoms with Gasteiger partial charge in [0.15, 0.2) is 0 Å². The predicted octanol–water partition coefficient (Wildman–Crippen LogP) is 15.3. The van der Waals surface area contributed by atoms with E-state index in [1.165, 1.54) is 155 Å². The third-order valence-corrected chi connectivity index (χ3v) is 13.6. The van der Waals surface area contributed by atoms with E-state index in [9.17, 15) is 0 Å². The monoisotopic (exact) mass is 757 g/mol. The number of aryl methyl sites for hydroxylation is 4. The van der Waals surface area contributed by atoms with Crippen molar-refractivity contribution in [2.75, 3.05) is 11.5 Å². The summed E-state index contributed by atoms with van der Waals surface area (Å²) in [6.07, 6.45) is 26.5. The number of ether oxygens (including phenoxy) is 2. The molecule has 4 nitrogen and oxygen atoms in total. The van der Waals surface area contributed by atoms with Gasteiger partial charge in [-0.15, -0.1) is 0 Å². The maximum atomic E-state index is 6.48. The average Bonchev–Trinajstić information content (AvgIpc) is 3.20. The molecule has 6 rings (SSSR count). The number of nitrogen functional groups attached to an aromatic ring is 2. The largest absolute Gasteiger partial charge is 0.457 e. The van der Waals surface area contributed by atoms with Crippen LogP contribution in [0.15, 0.2) is 72.8 Å². The SMILES string of the molecule is CCCCCCCCCCCC[C@H]1CC[C@@H](C2CCC(c3cc(C)c(Oc4ccc(N)cc4)c(C)c3)(c3cc(C)c(Oc4ccc(N)cc4)c(C)c3)CC2)CC1. The van der Waals surface area contributed by atoms with Gasteiger partial charge in [-0.1, -0.05) is 115 Å². The zero-order valence-electron chi connectivity index (χ0n) is 35.6. The molecule has 4 N–H and O–H groups in total. The number of anilines is 2. The van der Waals surface area contributed by atoms with Crippen LogP contribution in [0.25, 0.3) is 0 Å². The number of unbranched alkanes of at least 4 members (excludes halogenated alkanes) is 9. The molecule has 2 saturated carbocycles. The maximum Gasteiger partial charge on any atom is 0.133 e. The van der Waals surface area contributed by atoms with E-state index in [0.29, 0.717) is 0 Å². The fraction of sp³-hybridized carbons (Fsp3) is 0.538. The van der Waals surface area contributed by atoms with Crippen LogP contribution in [0.2, 0.25) is 0 Å². The van der Waals surface area contributed by atoms with E-state index in [1.807, 2.05) is 48.5 Å². The molecule has 0 amide bonds. The third-order valence-electron chi connectivity index (χ3n) is 13.6. The fourth-order valence-electron chi connectivity index (χ4n) is 10.3. The molecule has 0 unspecified atom stereocenters. The highest BCUT2D eigenvalue weighted by molar-refractivity contribution is 5.55. The van der Waals surface area contributed by atoms with Crippen molar-refractivity contribution in [2.45, 2.75) is 162 Å². The molecular weight excluding hydrogens is 685 g/mol. The standard InChI is InChI=1S/C52H72N2O2/c1-6-7-8-9-10-11-12-13-14-15-16-41-17-19-42(20-18-41)43-29-31-52(32-30-43,44-33-37(2)50(38(3)34-44)55-48-25-21-46(53)22-26-48)45-35-39(4)51(40(5)36-45)56-49-27-23-47(54)24-28-49/h21-28,33-36,41-43H,6-20,29-32,53-54H2,1-5H3/t41-,42+. The van der Waals surface area contributed by atoms with Gasteiger partial charge in [0, 0.05) is 16.8 Å². The molecule has 0 aromatic heterocycles. The molecule has 2 fully saturated rings. The first-order valence-corrected chi connectivity index (χ1v) is 22.5. The van der Waals surface area contributed by atoms with Crippen molar-refractivity contribution in [2.24, 2.45) is 17.8 Å². The van der Waals surface area contributed by atoms with Crippen LogP contribution >= 0.6 is 0 Å². The molecule has 0 atom stereocenters. The number of rotatable bonds is 18. The fourth-order valence-corrected chi connectivity index (χ4v) is 10.3. The van der Waals surface area contributed by atoms with Crippen LogP contribution < -0.4 is 20.9 Å². The molecule has 0 bridgehead atoms. The van der Waals surface area contributed by atoms with Crippen LogP contribution in [0.5, 0.6) is 23.0 Å². The van der Waals surface area contributed by atoms with Crippen molar-refractivity contribution < 1.29 is 9.47 Å². The lowest BCUT2D eigenvalue weighted by Gasteiger charge is -2.45. The molecule has 2 aliphatic rings. The van der Waals surface area contributed by atoms with Crippen molar-refractivity contribution in [3.63, 3.8) is 0 Å². The zero-order valence-corrected chi connectivity index (χ0v) is 35.6. The van der Waals surface area contributed by atoms with Gasteiger partial charge < -0.3 is 20.9 Å². The van der Waals surface area contributed by atoms with E-state index in [2.05, 4.69) is 58.9 Å². The van der Waals surface area contributed by atoms with Crippen LogP contribution in [-0.4, -0.2) is 0 Å². The lowest BCUT2D eigenvalue weighted by Crippen LogP contribution is -2.36. The van der Waals surface area contributed by atoms with Gasteiger partial charge in [-0.3, -0.25) is 0 Å². The summed E-state index contributed by atoms with van der Waals surface area (Å²) >= 11 is 0. The molecule has 0 aliphatic heterocycles. The first kappa shape index (κ1) is 41.7. The summed E-state index contributed by atoms with van der Waals surface area (Å²) in [6.45, 7) is 11.1. The van der Waals surface area contributed by atoms with Gasteiger partial charge in [0.2, 0.25) is 0 Å². The molecule has 0 radical (unpaired) electrons. The smallest absolute Gasteiger partial charge is 0.133 e. The lowest BCUT2D eigenvalue weighted by atomic mass is 9.59. The summed E-state index contributed by atoms with van der Waals surface area (Å²) in [5, 5.41) is 0. The van der Waals surface area contributed by atoms with Gasteiger partial charge in [0.05, 0.1) is 0 Å². The van der Waals surface area contributed by atoms with Gasteiger partial charge >= 0.3 is 0 Å². The molecule has 4 heteroatoms. The molecule has 0 saturated heterocycles. The quantitative estimate of drug-likeness (QED) is 0.0783. The van der Waals surface area contributed by atoms with E-state index in [4.69, 9.17) is 20.9 Å². The van der Waals surface area contributed by atoms with E-state index in [-0.39, 0.29) is 5.41 Å². The molecule has 4 aromatic rings. The first-order chi connectivity index (χ1) is 27.1. The van der Waals surface area contributed by atoms with Crippen molar-refractivity contribution in [1.82, 2.24) is 0 Å². The summed E-state index contributed by atoms with van der Waals surface area (Å²) in [4.78, 5) is 0. The van der Waals surface area contributed by atoms with E-state index in [0.717, 1.165) is 52.1 Å². The average molecular weight is 757 g/mol. The van der Waals surface area contributed by atoms with Crippen LogP contribution in [0, 0.1) is 45.4 Å². The van der Waals surface area contributed by atoms with Crippen molar-refractivity contribution in [1.29, 1.82) is 0 Å². The first-order valence-electron chi connectivity index (χ1n) is 22.5. The highest BCUT2D eigenvalue weighted by Crippen LogP contribution is 2.52. The molecular formula is C52H72N2O2. The normalized spacial score (nSPS) is 18.5. The minimum Gasteiger partial charge on any atom is -0.457 e. The Hall–Kier alpha value is -3.92. The lowest BCUT2D eigenvalue weighted by molar-refractivity contribution is 0.140. The highest BCUT2D eigenvalue weighted by Gasteiger charge is 2.42. The van der Waals surface area contributed by atoms with Crippen molar-refractivity contribution in [3.05, 3.63) is 106 Å². The van der Waals surface area contributed by atoms with Crippen LogP contribution in [-0.2, 0) is 5.41 Å². The van der Waals surface area contributed by atoms with Crippen molar-refractivity contribution in [3.8, 4) is 23.0 Å². The summed E-state index contributed by atoms with van der Waals surface area (Å²) < 4.78 is 13.0. The topological polar surface area (TPSA) is 70.5 Å². The van der Waals surface area contributed by atoms with E-state index < -0.39 is 0 Å². The van der Waals surface area contributed by atoms with Crippen LogP contribution in [0.1, 0.15) is 162 Å². The Morgan fingerprint density at radius 1 is 0.500 bits per heavy atom. The second kappa shape index (κ2) is 20.0. The summed E-state index contributed by atoms with van der Waals surface area (Å²) in [6, 6.07) is 25.1. The Morgan fingerprint density at radius 2 is 0.875 bits per heavy atom. The summed E-state index contributed by atoms with van der Waals surface area (Å²) in [7, 11) is 0. The molecule has 4 aromatic carbocycles. The summed E-state index contributed by atoms with van der Waals surface area (Å²) in [5.41, 5.74) is 20.9. The van der Waals surface area contributed by atoms with Crippen LogP contribution in [0.3, 0.4) is 0 Å². The Kier molecular flexibility index (Phi) is 14.9. The van der Waals surface area contributed by atoms with Gasteiger partial charge in [-0.2, -0.15) is 0 Å². The molecule has 2 aliphatic carbocycles.